The molecule has 0 saturated heterocycles. The molecule has 26 heavy (non-hydrogen) atoms. The average molecular weight is 347 g/mol. The van der Waals surface area contributed by atoms with Crippen molar-refractivity contribution < 1.29 is 9.47 Å². The molecule has 3 aromatic rings. The van der Waals surface area contributed by atoms with Crippen LogP contribution in [0.5, 0.6) is 11.5 Å². The fraction of sp³-hybridized carbons (Fsp3) is 0.238. The first-order valence-electron chi connectivity index (χ1n) is 8.62. The number of ether oxygens (including phenoxy) is 2. The Labute approximate surface area is 152 Å². The summed E-state index contributed by atoms with van der Waals surface area (Å²) in [7, 11) is 0. The maximum Gasteiger partial charge on any atom is 0.161 e. The number of imidazole rings is 1. The Kier molecular flexibility index (Phi) is 5.23. The molecule has 0 saturated carbocycles. The van der Waals surface area contributed by atoms with Crippen LogP contribution in [0.15, 0.2) is 36.4 Å². The van der Waals surface area contributed by atoms with Gasteiger partial charge in [-0.1, -0.05) is 12.1 Å². The summed E-state index contributed by atoms with van der Waals surface area (Å²) in [4.78, 5) is 7.75. The molecular formula is C21H21N3O2. The van der Waals surface area contributed by atoms with Gasteiger partial charge in [0.05, 0.1) is 29.8 Å². The predicted molar refractivity (Wildman–Crippen MR) is 103 cm³/mol. The molecule has 5 nitrogen and oxygen atoms in total. The Morgan fingerprint density at radius 1 is 1.12 bits per heavy atom. The Morgan fingerprint density at radius 2 is 1.88 bits per heavy atom. The summed E-state index contributed by atoms with van der Waals surface area (Å²) in [6, 6.07) is 13.8. The molecular weight excluding hydrogens is 326 g/mol. The Balaban J connectivity index is 2.00. The topological polar surface area (TPSA) is 70.9 Å². The number of rotatable bonds is 6. The van der Waals surface area contributed by atoms with Crippen molar-refractivity contribution in [2.24, 2.45) is 0 Å². The van der Waals surface area contributed by atoms with E-state index in [1.54, 1.807) is 6.08 Å². The van der Waals surface area contributed by atoms with E-state index >= 15 is 0 Å². The van der Waals surface area contributed by atoms with E-state index in [1.165, 1.54) is 0 Å². The summed E-state index contributed by atoms with van der Waals surface area (Å²) in [5, 5.41) is 9.60. The summed E-state index contributed by atoms with van der Waals surface area (Å²) in [5.74, 6) is 1.92. The number of allylic oxidation sites excluding steroid dienone is 1. The number of fused-ring (bicyclic) bond motifs is 1. The molecule has 5 heteroatoms. The monoisotopic (exact) mass is 347 g/mol. The van der Waals surface area contributed by atoms with Crippen molar-refractivity contribution in [2.45, 2.75) is 20.8 Å². The van der Waals surface area contributed by atoms with Gasteiger partial charge in [-0.3, -0.25) is 0 Å². The number of aromatic nitrogens is 2. The Hall–Kier alpha value is -3.26. The van der Waals surface area contributed by atoms with Crippen LogP contribution < -0.4 is 9.47 Å². The van der Waals surface area contributed by atoms with Gasteiger partial charge in [0.2, 0.25) is 0 Å². The SMILES string of the molecule is CCOc1ccc(C=C(C#N)c2nc3ccc(C)cc3[nH]2)cc1OCC. The molecule has 0 spiro atoms. The summed E-state index contributed by atoms with van der Waals surface area (Å²) in [6.07, 6.45) is 1.79. The Bertz CT molecular complexity index is 996. The molecule has 0 aliphatic carbocycles. The first kappa shape index (κ1) is 17.6. The molecule has 0 amide bonds. The number of aromatic amines is 1. The van der Waals surface area contributed by atoms with E-state index in [0.717, 1.165) is 22.2 Å². The van der Waals surface area contributed by atoms with E-state index in [-0.39, 0.29) is 0 Å². The number of nitriles is 1. The number of hydrogen-bond acceptors (Lipinski definition) is 4. The number of nitrogens with zero attached hydrogens (tertiary/aromatic N) is 2. The molecule has 0 atom stereocenters. The van der Waals surface area contributed by atoms with E-state index in [0.29, 0.717) is 36.1 Å². The predicted octanol–water partition coefficient (Wildman–Crippen LogP) is 4.73. The van der Waals surface area contributed by atoms with Gasteiger partial charge in [0.25, 0.3) is 0 Å². The van der Waals surface area contributed by atoms with Gasteiger partial charge >= 0.3 is 0 Å². The van der Waals surface area contributed by atoms with E-state index in [4.69, 9.17) is 9.47 Å². The minimum atomic E-state index is 0.463. The highest BCUT2D eigenvalue weighted by atomic mass is 16.5. The second kappa shape index (κ2) is 7.75. The Morgan fingerprint density at radius 3 is 2.62 bits per heavy atom. The van der Waals surface area contributed by atoms with Gasteiger partial charge in [0.15, 0.2) is 11.5 Å². The fourth-order valence-corrected chi connectivity index (χ4v) is 2.73. The molecule has 132 valence electrons. The van der Waals surface area contributed by atoms with Crippen LogP contribution in [-0.2, 0) is 0 Å². The summed E-state index contributed by atoms with van der Waals surface area (Å²) >= 11 is 0. The van der Waals surface area contributed by atoms with Crippen molar-refractivity contribution in [3.05, 3.63) is 53.3 Å². The van der Waals surface area contributed by atoms with Gasteiger partial charge in [0.1, 0.15) is 11.9 Å². The van der Waals surface area contributed by atoms with Crippen LogP contribution >= 0.6 is 0 Å². The molecule has 0 aliphatic rings. The normalized spacial score (nSPS) is 11.4. The van der Waals surface area contributed by atoms with Crippen LogP contribution in [0.25, 0.3) is 22.7 Å². The third kappa shape index (κ3) is 3.70. The number of aryl methyl sites for hydroxylation is 1. The maximum absolute atomic E-state index is 9.60. The first-order chi connectivity index (χ1) is 12.6. The van der Waals surface area contributed by atoms with Crippen molar-refractivity contribution in [2.75, 3.05) is 13.2 Å². The molecule has 0 fully saturated rings. The van der Waals surface area contributed by atoms with Crippen LogP contribution in [0.4, 0.5) is 0 Å². The lowest BCUT2D eigenvalue weighted by Gasteiger charge is -2.11. The summed E-state index contributed by atoms with van der Waals surface area (Å²) in [6.45, 7) is 6.99. The number of hydrogen-bond donors (Lipinski definition) is 1. The van der Waals surface area contributed by atoms with Crippen molar-refractivity contribution >= 4 is 22.7 Å². The second-order valence-corrected chi connectivity index (χ2v) is 5.85. The zero-order valence-electron chi connectivity index (χ0n) is 15.2. The highest BCUT2D eigenvalue weighted by molar-refractivity contribution is 5.90. The maximum atomic E-state index is 9.60. The fourth-order valence-electron chi connectivity index (χ4n) is 2.73. The van der Waals surface area contributed by atoms with Gasteiger partial charge in [-0.05, 0) is 62.2 Å². The van der Waals surface area contributed by atoms with Gasteiger partial charge in [0, 0.05) is 0 Å². The van der Waals surface area contributed by atoms with Crippen LogP contribution in [0, 0.1) is 18.3 Å². The lowest BCUT2D eigenvalue weighted by Crippen LogP contribution is -1.98. The zero-order valence-corrected chi connectivity index (χ0v) is 15.2. The highest BCUT2D eigenvalue weighted by Crippen LogP contribution is 2.30. The lowest BCUT2D eigenvalue weighted by molar-refractivity contribution is 0.287. The summed E-state index contributed by atoms with van der Waals surface area (Å²) < 4.78 is 11.2. The van der Waals surface area contributed by atoms with Gasteiger partial charge < -0.3 is 14.5 Å². The van der Waals surface area contributed by atoms with Crippen molar-refractivity contribution in [3.8, 4) is 17.6 Å². The largest absolute Gasteiger partial charge is 0.490 e. The third-order valence-corrected chi connectivity index (χ3v) is 3.89. The first-order valence-corrected chi connectivity index (χ1v) is 8.62. The van der Waals surface area contributed by atoms with Crippen molar-refractivity contribution in [1.29, 1.82) is 5.26 Å². The molecule has 2 aromatic carbocycles. The molecule has 1 aromatic heterocycles. The molecule has 3 rings (SSSR count). The standard InChI is InChI=1S/C21H21N3O2/c1-4-25-19-9-7-15(12-20(19)26-5-2)11-16(13-22)21-23-17-8-6-14(3)10-18(17)24-21/h6-12H,4-5H2,1-3H3,(H,23,24). The molecule has 0 unspecified atom stereocenters. The minimum absolute atomic E-state index is 0.463. The number of H-pyrrole nitrogens is 1. The third-order valence-electron chi connectivity index (χ3n) is 3.89. The van der Waals surface area contributed by atoms with E-state index in [2.05, 4.69) is 16.0 Å². The molecule has 0 bridgehead atoms. The smallest absolute Gasteiger partial charge is 0.161 e. The van der Waals surface area contributed by atoms with Crippen molar-refractivity contribution in [1.82, 2.24) is 9.97 Å². The molecule has 1 N–H and O–H groups in total. The van der Waals surface area contributed by atoms with E-state index < -0.39 is 0 Å². The van der Waals surface area contributed by atoms with Gasteiger partial charge in [-0.2, -0.15) is 5.26 Å². The van der Waals surface area contributed by atoms with Crippen LogP contribution in [-0.4, -0.2) is 23.2 Å². The van der Waals surface area contributed by atoms with Crippen LogP contribution in [0.2, 0.25) is 0 Å². The zero-order chi connectivity index (χ0) is 18.5. The van der Waals surface area contributed by atoms with Crippen LogP contribution in [0.1, 0.15) is 30.8 Å². The molecule has 1 heterocycles. The molecule has 0 radical (unpaired) electrons. The minimum Gasteiger partial charge on any atom is -0.490 e. The average Bonchev–Trinajstić information content (AvgIpc) is 3.05. The molecule has 0 aliphatic heterocycles. The van der Waals surface area contributed by atoms with Gasteiger partial charge in [-0.25, -0.2) is 4.98 Å². The van der Waals surface area contributed by atoms with E-state index in [1.807, 2.05) is 57.2 Å². The highest BCUT2D eigenvalue weighted by Gasteiger charge is 2.10. The summed E-state index contributed by atoms with van der Waals surface area (Å²) in [5.41, 5.74) is 4.22. The van der Waals surface area contributed by atoms with Crippen molar-refractivity contribution in [3.63, 3.8) is 0 Å². The van der Waals surface area contributed by atoms with Crippen LogP contribution in [0.3, 0.4) is 0 Å². The number of benzene rings is 2. The quantitative estimate of drug-likeness (QED) is 0.654. The lowest BCUT2D eigenvalue weighted by atomic mass is 10.1. The number of nitrogens with one attached hydrogen (secondary N) is 1. The second-order valence-electron chi connectivity index (χ2n) is 5.85. The van der Waals surface area contributed by atoms with Gasteiger partial charge in [-0.15, -0.1) is 0 Å². The van der Waals surface area contributed by atoms with E-state index in [9.17, 15) is 5.26 Å².